The van der Waals surface area contributed by atoms with Crippen LogP contribution >= 0.6 is 11.6 Å². The Bertz CT molecular complexity index is 568. The lowest BCUT2D eigenvalue weighted by molar-refractivity contribution is -0.248. The largest absolute Gasteiger partial charge is 0.425 e. The Morgan fingerprint density at radius 2 is 1.37 bits per heavy atom. The van der Waals surface area contributed by atoms with E-state index in [1.807, 2.05) is 0 Å². The topological polar surface area (TPSA) is 20.2 Å². The highest BCUT2D eigenvalue weighted by Crippen LogP contribution is 2.46. The van der Waals surface area contributed by atoms with Crippen LogP contribution in [0.5, 0.6) is 0 Å². The third-order valence-corrected chi connectivity index (χ3v) is 3.20. The van der Waals surface area contributed by atoms with Crippen LogP contribution in [0.3, 0.4) is 0 Å². The minimum absolute atomic E-state index is 0.133. The van der Waals surface area contributed by atoms with Crippen molar-refractivity contribution >= 4 is 11.6 Å². The Balaban J connectivity index is 2.71. The third kappa shape index (κ3) is 2.33. The summed E-state index contributed by atoms with van der Waals surface area (Å²) in [6, 6.07) is 12.3. The van der Waals surface area contributed by atoms with Gasteiger partial charge in [0.05, 0.1) is 0 Å². The van der Waals surface area contributed by atoms with E-state index in [0.717, 1.165) is 0 Å². The normalized spacial score (nSPS) is 15.0. The van der Waals surface area contributed by atoms with E-state index in [-0.39, 0.29) is 16.1 Å². The van der Waals surface area contributed by atoms with Crippen molar-refractivity contribution in [2.75, 3.05) is 0 Å². The first kappa shape index (κ1) is 13.9. The zero-order valence-corrected chi connectivity index (χ0v) is 10.4. The Labute approximate surface area is 113 Å². The molecule has 0 heterocycles. The minimum Gasteiger partial charge on any atom is -0.372 e. The molecule has 0 aliphatic carbocycles. The van der Waals surface area contributed by atoms with E-state index in [9.17, 15) is 18.3 Å². The van der Waals surface area contributed by atoms with E-state index in [0.29, 0.717) is 0 Å². The number of hydrogen-bond donors (Lipinski definition) is 1. The summed E-state index contributed by atoms with van der Waals surface area (Å²) in [6.07, 6.45) is -4.88. The molecule has 1 nitrogen and oxygen atoms in total. The van der Waals surface area contributed by atoms with Crippen LogP contribution in [0.1, 0.15) is 11.1 Å². The maximum atomic E-state index is 13.3. The lowest BCUT2D eigenvalue weighted by Crippen LogP contribution is -2.43. The van der Waals surface area contributed by atoms with Gasteiger partial charge in [-0.15, -0.1) is 0 Å². The summed E-state index contributed by atoms with van der Waals surface area (Å²) < 4.78 is 40.0. The molecule has 19 heavy (non-hydrogen) atoms. The standard InChI is InChI=1S/C14H10ClF3O/c15-12-9-5-4-8-11(12)13(19,14(16,17)18)10-6-2-1-3-7-10/h1-9,19H. The van der Waals surface area contributed by atoms with Crippen LogP contribution in [0.4, 0.5) is 13.2 Å². The molecule has 0 amide bonds. The van der Waals surface area contributed by atoms with Crippen LogP contribution in [0.15, 0.2) is 54.6 Å². The van der Waals surface area contributed by atoms with Crippen molar-refractivity contribution < 1.29 is 18.3 Å². The van der Waals surface area contributed by atoms with Crippen molar-refractivity contribution in [1.82, 2.24) is 0 Å². The van der Waals surface area contributed by atoms with Gasteiger partial charge in [0, 0.05) is 10.6 Å². The summed E-state index contributed by atoms with van der Waals surface area (Å²) in [5.74, 6) is 0. The molecule has 100 valence electrons. The van der Waals surface area contributed by atoms with Crippen LogP contribution in [0.25, 0.3) is 0 Å². The van der Waals surface area contributed by atoms with E-state index in [1.165, 1.54) is 48.5 Å². The molecule has 0 saturated carbocycles. The second kappa shape index (κ2) is 4.87. The van der Waals surface area contributed by atoms with E-state index >= 15 is 0 Å². The van der Waals surface area contributed by atoms with E-state index in [1.54, 1.807) is 6.07 Å². The fraction of sp³-hybridized carbons (Fsp3) is 0.143. The van der Waals surface area contributed by atoms with Crippen LogP contribution < -0.4 is 0 Å². The van der Waals surface area contributed by atoms with Gasteiger partial charge in [-0.05, 0) is 11.6 Å². The Morgan fingerprint density at radius 3 is 1.89 bits per heavy atom. The van der Waals surface area contributed by atoms with Gasteiger partial charge < -0.3 is 5.11 Å². The Kier molecular flexibility index (Phi) is 3.56. The van der Waals surface area contributed by atoms with Crippen LogP contribution in [0.2, 0.25) is 5.02 Å². The molecule has 1 atom stereocenters. The molecule has 1 N–H and O–H groups in total. The molecule has 0 aliphatic heterocycles. The number of alkyl halides is 3. The summed E-state index contributed by atoms with van der Waals surface area (Å²) >= 11 is 5.80. The van der Waals surface area contributed by atoms with Gasteiger partial charge in [0.25, 0.3) is 0 Å². The van der Waals surface area contributed by atoms with Crippen molar-refractivity contribution in [3.05, 3.63) is 70.7 Å². The molecule has 0 radical (unpaired) electrons. The summed E-state index contributed by atoms with van der Waals surface area (Å²) in [5, 5.41) is 10.1. The summed E-state index contributed by atoms with van der Waals surface area (Å²) in [4.78, 5) is 0. The van der Waals surface area contributed by atoms with Crippen LogP contribution in [-0.2, 0) is 5.60 Å². The molecular formula is C14H10ClF3O. The van der Waals surface area contributed by atoms with Crippen LogP contribution in [0, 0.1) is 0 Å². The van der Waals surface area contributed by atoms with Gasteiger partial charge in [-0.2, -0.15) is 13.2 Å². The third-order valence-electron chi connectivity index (χ3n) is 2.87. The number of aliphatic hydroxyl groups is 1. The molecule has 2 aromatic carbocycles. The van der Waals surface area contributed by atoms with Crippen molar-refractivity contribution in [1.29, 1.82) is 0 Å². The molecular weight excluding hydrogens is 277 g/mol. The van der Waals surface area contributed by atoms with Crippen molar-refractivity contribution in [3.63, 3.8) is 0 Å². The van der Waals surface area contributed by atoms with Gasteiger partial charge in [0.2, 0.25) is 5.60 Å². The average Bonchev–Trinajstić information content (AvgIpc) is 2.38. The summed E-state index contributed by atoms with van der Waals surface area (Å²) in [5.41, 5.74) is -3.77. The predicted octanol–water partition coefficient (Wildman–Crippen LogP) is 4.14. The summed E-state index contributed by atoms with van der Waals surface area (Å²) in [6.45, 7) is 0. The molecule has 0 fully saturated rings. The average molecular weight is 287 g/mol. The maximum Gasteiger partial charge on any atom is 0.425 e. The van der Waals surface area contributed by atoms with E-state index in [4.69, 9.17) is 11.6 Å². The quantitative estimate of drug-likeness (QED) is 0.880. The fourth-order valence-electron chi connectivity index (χ4n) is 1.91. The van der Waals surface area contributed by atoms with Gasteiger partial charge in [-0.3, -0.25) is 0 Å². The molecule has 0 spiro atoms. The lowest BCUT2D eigenvalue weighted by atomic mass is 9.85. The fourth-order valence-corrected chi connectivity index (χ4v) is 2.18. The smallest absolute Gasteiger partial charge is 0.372 e. The first-order valence-corrected chi connectivity index (χ1v) is 5.85. The highest BCUT2D eigenvalue weighted by Gasteiger charge is 2.56. The zero-order valence-electron chi connectivity index (χ0n) is 9.66. The Morgan fingerprint density at radius 1 is 0.842 bits per heavy atom. The van der Waals surface area contributed by atoms with Crippen molar-refractivity contribution in [2.45, 2.75) is 11.8 Å². The molecule has 1 unspecified atom stereocenters. The predicted molar refractivity (Wildman–Crippen MR) is 66.9 cm³/mol. The number of benzene rings is 2. The highest BCUT2D eigenvalue weighted by molar-refractivity contribution is 6.31. The second-order valence-electron chi connectivity index (χ2n) is 4.05. The van der Waals surface area contributed by atoms with E-state index in [2.05, 4.69) is 0 Å². The molecule has 2 rings (SSSR count). The molecule has 0 aromatic heterocycles. The van der Waals surface area contributed by atoms with Gasteiger partial charge in [0.15, 0.2) is 0 Å². The van der Waals surface area contributed by atoms with E-state index < -0.39 is 11.8 Å². The number of hydrogen-bond acceptors (Lipinski definition) is 1. The van der Waals surface area contributed by atoms with Gasteiger partial charge in [-0.1, -0.05) is 60.1 Å². The second-order valence-corrected chi connectivity index (χ2v) is 4.46. The monoisotopic (exact) mass is 286 g/mol. The summed E-state index contributed by atoms with van der Waals surface area (Å²) in [7, 11) is 0. The molecule has 0 bridgehead atoms. The van der Waals surface area contributed by atoms with Crippen molar-refractivity contribution in [3.8, 4) is 0 Å². The van der Waals surface area contributed by atoms with Crippen molar-refractivity contribution in [2.24, 2.45) is 0 Å². The minimum atomic E-state index is -4.88. The highest BCUT2D eigenvalue weighted by atomic mass is 35.5. The van der Waals surface area contributed by atoms with Gasteiger partial charge in [-0.25, -0.2) is 0 Å². The van der Waals surface area contributed by atoms with Gasteiger partial charge >= 0.3 is 6.18 Å². The molecule has 0 aliphatic rings. The zero-order chi connectivity index (χ0) is 14.1. The molecule has 5 heteroatoms. The molecule has 0 saturated heterocycles. The maximum absolute atomic E-state index is 13.3. The SMILES string of the molecule is OC(c1ccccc1)(c1ccccc1Cl)C(F)(F)F. The first-order valence-electron chi connectivity index (χ1n) is 5.47. The first-order chi connectivity index (χ1) is 8.87. The van der Waals surface area contributed by atoms with Gasteiger partial charge in [0.1, 0.15) is 0 Å². The lowest BCUT2D eigenvalue weighted by Gasteiger charge is -2.32. The number of rotatable bonds is 2. The molecule has 2 aromatic rings. The van der Waals surface area contributed by atoms with Crippen LogP contribution in [-0.4, -0.2) is 11.3 Å². The Hall–Kier alpha value is -1.52. The number of halogens is 4.